The minimum atomic E-state index is 0.121. The fourth-order valence-electron chi connectivity index (χ4n) is 1.84. The molecule has 0 bridgehead atoms. The highest BCUT2D eigenvalue weighted by atomic mass is 32.2. The molecule has 0 fully saturated rings. The average molecular weight is 320 g/mol. The third kappa shape index (κ3) is 3.65. The highest BCUT2D eigenvalue weighted by Crippen LogP contribution is 2.35. The maximum Gasteiger partial charge on any atom is 0.172 e. The second kappa shape index (κ2) is 7.28. The molecule has 0 aliphatic heterocycles. The number of hydrogen-bond acceptors (Lipinski definition) is 5. The summed E-state index contributed by atoms with van der Waals surface area (Å²) < 4.78 is 5.15. The van der Waals surface area contributed by atoms with Gasteiger partial charge in [-0.25, -0.2) is 0 Å². The lowest BCUT2D eigenvalue weighted by Gasteiger charge is -2.12. The molecule has 0 saturated carbocycles. The highest BCUT2D eigenvalue weighted by Gasteiger charge is 2.13. The van der Waals surface area contributed by atoms with Gasteiger partial charge in [0.05, 0.1) is 7.11 Å². The zero-order valence-electron chi connectivity index (χ0n) is 11.7. The molecule has 0 amide bonds. The fourth-order valence-corrected chi connectivity index (χ4v) is 3.53. The van der Waals surface area contributed by atoms with Gasteiger partial charge in [0.1, 0.15) is 5.75 Å². The van der Waals surface area contributed by atoms with Crippen LogP contribution in [0, 0.1) is 0 Å². The van der Waals surface area contributed by atoms with E-state index in [0.717, 1.165) is 26.0 Å². The first-order valence-electron chi connectivity index (χ1n) is 6.16. The van der Waals surface area contributed by atoms with Gasteiger partial charge in [0.2, 0.25) is 0 Å². The molecule has 0 unspecified atom stereocenters. The maximum absolute atomic E-state index is 8.99. The number of amidine groups is 1. The largest absolute Gasteiger partial charge is 0.497 e. The number of thioether (sulfide) groups is 1. The molecule has 0 heterocycles. The normalized spacial score (nSPS) is 11.4. The van der Waals surface area contributed by atoms with Gasteiger partial charge in [-0.1, -0.05) is 23.0 Å². The van der Waals surface area contributed by atoms with Crippen LogP contribution >= 0.6 is 23.5 Å². The summed E-state index contributed by atoms with van der Waals surface area (Å²) in [5.74, 6) is 0.935. The standard InChI is InChI=1S/C15H16N2O2S2/c1-19-10-6-8-11(9-7-10)21-13-5-3-4-12(20-2)14(13)15(16)17-18/h3-9,18H,1-2H3,(H2,16,17). The second-order valence-electron chi connectivity index (χ2n) is 4.10. The van der Waals surface area contributed by atoms with E-state index >= 15 is 0 Å². The first-order chi connectivity index (χ1) is 10.2. The number of oxime groups is 1. The molecule has 0 radical (unpaired) electrons. The summed E-state index contributed by atoms with van der Waals surface area (Å²) in [6, 6.07) is 13.6. The number of methoxy groups -OCH3 is 1. The van der Waals surface area contributed by atoms with E-state index in [-0.39, 0.29) is 5.84 Å². The molecule has 2 rings (SSSR count). The molecular weight excluding hydrogens is 304 g/mol. The summed E-state index contributed by atoms with van der Waals surface area (Å²) in [7, 11) is 1.64. The first kappa shape index (κ1) is 15.6. The summed E-state index contributed by atoms with van der Waals surface area (Å²) in [5, 5.41) is 12.1. The van der Waals surface area contributed by atoms with Gasteiger partial charge in [-0.3, -0.25) is 0 Å². The molecule has 6 heteroatoms. The molecule has 110 valence electrons. The lowest BCUT2D eigenvalue weighted by molar-refractivity contribution is 0.318. The molecule has 4 nitrogen and oxygen atoms in total. The molecule has 0 spiro atoms. The summed E-state index contributed by atoms with van der Waals surface area (Å²) in [6.45, 7) is 0. The molecule has 3 N–H and O–H groups in total. The minimum absolute atomic E-state index is 0.121. The molecule has 21 heavy (non-hydrogen) atoms. The van der Waals surface area contributed by atoms with Gasteiger partial charge in [-0.05, 0) is 42.7 Å². The van der Waals surface area contributed by atoms with Crippen molar-refractivity contribution in [1.29, 1.82) is 0 Å². The van der Waals surface area contributed by atoms with E-state index in [1.165, 1.54) is 0 Å². The van der Waals surface area contributed by atoms with E-state index in [2.05, 4.69) is 5.16 Å². The Kier molecular flexibility index (Phi) is 5.41. The summed E-state index contributed by atoms with van der Waals surface area (Å²) in [4.78, 5) is 2.98. The van der Waals surface area contributed by atoms with Crippen LogP contribution in [0.2, 0.25) is 0 Å². The first-order valence-corrected chi connectivity index (χ1v) is 8.20. The summed E-state index contributed by atoms with van der Waals surface area (Å²) in [5.41, 5.74) is 6.58. The fraction of sp³-hybridized carbons (Fsp3) is 0.133. The van der Waals surface area contributed by atoms with Crippen LogP contribution in [-0.2, 0) is 0 Å². The predicted octanol–water partition coefficient (Wildman–Crippen LogP) is 3.66. The van der Waals surface area contributed by atoms with Gasteiger partial charge in [-0.15, -0.1) is 11.8 Å². The lowest BCUT2D eigenvalue weighted by atomic mass is 10.2. The number of nitrogens with two attached hydrogens (primary N) is 1. The van der Waals surface area contributed by atoms with Crippen molar-refractivity contribution >= 4 is 29.4 Å². The topological polar surface area (TPSA) is 67.8 Å². The number of ether oxygens (including phenoxy) is 1. The third-order valence-corrected chi connectivity index (χ3v) is 4.71. The predicted molar refractivity (Wildman–Crippen MR) is 87.9 cm³/mol. The molecule has 0 saturated heterocycles. The van der Waals surface area contributed by atoms with Crippen LogP contribution in [0.25, 0.3) is 0 Å². The molecule has 0 atom stereocenters. The molecule has 0 aromatic heterocycles. The lowest BCUT2D eigenvalue weighted by Crippen LogP contribution is -2.15. The highest BCUT2D eigenvalue weighted by molar-refractivity contribution is 8.00. The van der Waals surface area contributed by atoms with Crippen LogP contribution in [0.1, 0.15) is 5.56 Å². The van der Waals surface area contributed by atoms with Crippen molar-refractivity contribution in [2.45, 2.75) is 14.7 Å². The van der Waals surface area contributed by atoms with Crippen molar-refractivity contribution in [3.05, 3.63) is 48.0 Å². The van der Waals surface area contributed by atoms with Crippen molar-refractivity contribution in [2.24, 2.45) is 10.9 Å². The van der Waals surface area contributed by atoms with Gasteiger partial charge >= 0.3 is 0 Å². The van der Waals surface area contributed by atoms with Crippen LogP contribution in [0.15, 0.2) is 62.3 Å². The minimum Gasteiger partial charge on any atom is -0.497 e. The quantitative estimate of drug-likeness (QED) is 0.289. The van der Waals surface area contributed by atoms with Crippen molar-refractivity contribution in [3.8, 4) is 5.75 Å². The van der Waals surface area contributed by atoms with Crippen molar-refractivity contribution in [3.63, 3.8) is 0 Å². The monoisotopic (exact) mass is 320 g/mol. The second-order valence-corrected chi connectivity index (χ2v) is 6.06. The van der Waals surface area contributed by atoms with Crippen molar-refractivity contribution in [2.75, 3.05) is 13.4 Å². The van der Waals surface area contributed by atoms with Gasteiger partial charge in [0.15, 0.2) is 5.84 Å². The third-order valence-electron chi connectivity index (χ3n) is 2.86. The maximum atomic E-state index is 8.99. The smallest absolute Gasteiger partial charge is 0.172 e. The Hall–Kier alpha value is -1.79. The van der Waals surface area contributed by atoms with Crippen molar-refractivity contribution < 1.29 is 9.94 Å². The SMILES string of the molecule is COc1ccc(Sc2cccc(SC)c2/C(N)=N/O)cc1. The number of benzene rings is 2. The van der Waals surface area contributed by atoms with Crippen LogP contribution < -0.4 is 10.5 Å². The van der Waals surface area contributed by atoms with E-state index in [0.29, 0.717) is 0 Å². The van der Waals surface area contributed by atoms with E-state index in [9.17, 15) is 0 Å². The Balaban J connectivity index is 2.38. The van der Waals surface area contributed by atoms with Crippen molar-refractivity contribution in [1.82, 2.24) is 0 Å². The van der Waals surface area contributed by atoms with Gasteiger partial charge in [0, 0.05) is 20.2 Å². The van der Waals surface area contributed by atoms with E-state index in [1.54, 1.807) is 30.6 Å². The Labute approximate surface area is 132 Å². The Bertz CT molecular complexity index is 643. The Morgan fingerprint density at radius 1 is 1.14 bits per heavy atom. The molecule has 2 aromatic rings. The zero-order chi connectivity index (χ0) is 15.2. The van der Waals surface area contributed by atoms with Crippen LogP contribution in [0.4, 0.5) is 0 Å². The zero-order valence-corrected chi connectivity index (χ0v) is 13.4. The van der Waals surface area contributed by atoms with Gasteiger partial charge in [-0.2, -0.15) is 0 Å². The van der Waals surface area contributed by atoms with Crippen LogP contribution in [0.5, 0.6) is 5.75 Å². The Morgan fingerprint density at radius 3 is 2.38 bits per heavy atom. The summed E-state index contributed by atoms with van der Waals surface area (Å²) in [6.07, 6.45) is 1.96. The van der Waals surface area contributed by atoms with Crippen LogP contribution in [-0.4, -0.2) is 24.4 Å². The van der Waals surface area contributed by atoms with E-state index in [1.807, 2.05) is 48.7 Å². The van der Waals surface area contributed by atoms with Crippen LogP contribution in [0.3, 0.4) is 0 Å². The molecule has 2 aromatic carbocycles. The molecule has 0 aliphatic rings. The van der Waals surface area contributed by atoms with E-state index < -0.39 is 0 Å². The molecule has 0 aliphatic carbocycles. The number of rotatable bonds is 5. The average Bonchev–Trinajstić information content (AvgIpc) is 2.54. The Morgan fingerprint density at radius 2 is 1.81 bits per heavy atom. The molecular formula is C15H16N2O2S2. The number of nitrogens with zero attached hydrogens (tertiary/aromatic N) is 1. The van der Waals surface area contributed by atoms with Gasteiger partial charge in [0.25, 0.3) is 0 Å². The van der Waals surface area contributed by atoms with Gasteiger partial charge < -0.3 is 15.7 Å². The van der Waals surface area contributed by atoms with E-state index in [4.69, 9.17) is 15.7 Å². The summed E-state index contributed by atoms with van der Waals surface area (Å²) >= 11 is 3.13. The number of hydrogen-bond donors (Lipinski definition) is 2.